The standard InChI is InChI=1S/C22H23Cl2N3O2/c23-16-9-10-20(17(24)13-16)29-15-21-25-18-7-3-4-8-19(18)27(21)14-22(28)26-11-5-1-2-6-12-26/h3-4,7-10,13H,1-2,5-6,11-12,14-15H2. The molecule has 152 valence electrons. The van der Waals surface area contributed by atoms with E-state index in [2.05, 4.69) is 4.98 Å². The third-order valence-electron chi connectivity index (χ3n) is 5.24. The van der Waals surface area contributed by atoms with E-state index in [1.807, 2.05) is 33.7 Å². The molecule has 7 heteroatoms. The Hall–Kier alpha value is -2.24. The van der Waals surface area contributed by atoms with Crippen molar-refractivity contribution in [2.75, 3.05) is 13.1 Å². The lowest BCUT2D eigenvalue weighted by Gasteiger charge is -2.21. The molecular weight excluding hydrogens is 409 g/mol. The molecule has 0 spiro atoms. The summed E-state index contributed by atoms with van der Waals surface area (Å²) in [6.07, 6.45) is 4.53. The smallest absolute Gasteiger partial charge is 0.242 e. The Kier molecular flexibility index (Phi) is 6.26. The van der Waals surface area contributed by atoms with Gasteiger partial charge in [-0.3, -0.25) is 4.79 Å². The lowest BCUT2D eigenvalue weighted by molar-refractivity contribution is -0.131. The molecular formula is C22H23Cl2N3O2. The van der Waals surface area contributed by atoms with Gasteiger partial charge in [0.1, 0.15) is 24.7 Å². The molecule has 1 aromatic heterocycles. The molecule has 29 heavy (non-hydrogen) atoms. The van der Waals surface area contributed by atoms with Crippen molar-refractivity contribution in [3.05, 3.63) is 58.3 Å². The Balaban J connectivity index is 1.57. The average Bonchev–Trinajstić information content (AvgIpc) is 2.88. The number of benzene rings is 2. The predicted molar refractivity (Wildman–Crippen MR) is 116 cm³/mol. The zero-order valence-corrected chi connectivity index (χ0v) is 17.6. The molecule has 0 saturated carbocycles. The first-order valence-electron chi connectivity index (χ1n) is 9.91. The van der Waals surface area contributed by atoms with Crippen LogP contribution in [-0.4, -0.2) is 33.4 Å². The van der Waals surface area contributed by atoms with Gasteiger partial charge >= 0.3 is 0 Å². The number of aromatic nitrogens is 2. The van der Waals surface area contributed by atoms with E-state index in [1.165, 1.54) is 12.8 Å². The Morgan fingerprint density at radius 2 is 1.79 bits per heavy atom. The number of nitrogens with zero attached hydrogens (tertiary/aromatic N) is 3. The molecule has 1 fully saturated rings. The SMILES string of the molecule is O=C(Cn1c(COc2ccc(Cl)cc2Cl)nc2ccccc21)N1CCCCCC1. The summed E-state index contributed by atoms with van der Waals surface area (Å²) in [5, 5.41) is 0.999. The third-order valence-corrected chi connectivity index (χ3v) is 5.77. The minimum atomic E-state index is 0.126. The highest BCUT2D eigenvalue weighted by molar-refractivity contribution is 6.35. The molecule has 5 nitrogen and oxygen atoms in total. The van der Waals surface area contributed by atoms with E-state index in [1.54, 1.807) is 18.2 Å². The Morgan fingerprint density at radius 3 is 2.55 bits per heavy atom. The number of para-hydroxylation sites is 2. The van der Waals surface area contributed by atoms with Crippen LogP contribution < -0.4 is 4.74 Å². The Bertz CT molecular complexity index is 1010. The van der Waals surface area contributed by atoms with E-state index in [0.29, 0.717) is 21.6 Å². The maximum absolute atomic E-state index is 13.0. The summed E-state index contributed by atoms with van der Waals surface area (Å²) in [4.78, 5) is 19.6. The van der Waals surface area contributed by atoms with Crippen molar-refractivity contribution in [3.63, 3.8) is 0 Å². The van der Waals surface area contributed by atoms with Gasteiger partial charge in [0, 0.05) is 18.1 Å². The molecule has 1 aliphatic heterocycles. The van der Waals surface area contributed by atoms with E-state index >= 15 is 0 Å². The molecule has 0 radical (unpaired) electrons. The topological polar surface area (TPSA) is 47.4 Å². The van der Waals surface area contributed by atoms with Crippen LogP contribution >= 0.6 is 23.2 Å². The number of fused-ring (bicyclic) bond motifs is 1. The number of amides is 1. The van der Waals surface area contributed by atoms with Crippen molar-refractivity contribution in [1.82, 2.24) is 14.5 Å². The van der Waals surface area contributed by atoms with E-state index in [4.69, 9.17) is 27.9 Å². The molecule has 2 heterocycles. The molecule has 0 aliphatic carbocycles. The minimum Gasteiger partial charge on any atom is -0.484 e. The normalized spacial score (nSPS) is 14.8. The number of hydrogen-bond acceptors (Lipinski definition) is 3. The van der Waals surface area contributed by atoms with Gasteiger partial charge in [0.25, 0.3) is 0 Å². The zero-order chi connectivity index (χ0) is 20.2. The molecule has 1 saturated heterocycles. The van der Waals surface area contributed by atoms with Crippen LogP contribution in [0.25, 0.3) is 11.0 Å². The molecule has 0 bridgehead atoms. The fourth-order valence-corrected chi connectivity index (χ4v) is 4.16. The first kappa shape index (κ1) is 20.0. The van der Waals surface area contributed by atoms with Crippen LogP contribution in [0.3, 0.4) is 0 Å². The van der Waals surface area contributed by atoms with Gasteiger partial charge in [0.05, 0.1) is 16.1 Å². The van der Waals surface area contributed by atoms with Crippen molar-refractivity contribution < 1.29 is 9.53 Å². The first-order chi connectivity index (χ1) is 14.1. The highest BCUT2D eigenvalue weighted by Gasteiger charge is 2.19. The van der Waals surface area contributed by atoms with Crippen molar-refractivity contribution >= 4 is 40.1 Å². The highest BCUT2D eigenvalue weighted by Crippen LogP contribution is 2.28. The van der Waals surface area contributed by atoms with Gasteiger partial charge in [-0.15, -0.1) is 0 Å². The molecule has 3 aromatic rings. The minimum absolute atomic E-state index is 0.126. The van der Waals surface area contributed by atoms with Gasteiger partial charge in [-0.1, -0.05) is 48.2 Å². The molecule has 0 unspecified atom stereocenters. The largest absolute Gasteiger partial charge is 0.484 e. The van der Waals surface area contributed by atoms with Crippen molar-refractivity contribution in [2.45, 2.75) is 38.8 Å². The number of likely N-dealkylation sites (tertiary alicyclic amines) is 1. The number of carbonyl (C=O) groups excluding carboxylic acids is 1. The van der Waals surface area contributed by atoms with Gasteiger partial charge < -0.3 is 14.2 Å². The second-order valence-corrected chi connectivity index (χ2v) is 8.10. The van der Waals surface area contributed by atoms with Crippen LogP contribution in [0, 0.1) is 0 Å². The molecule has 0 atom stereocenters. The summed E-state index contributed by atoms with van der Waals surface area (Å²) in [7, 11) is 0. The number of hydrogen-bond donors (Lipinski definition) is 0. The lowest BCUT2D eigenvalue weighted by Crippen LogP contribution is -2.35. The molecule has 1 amide bonds. The molecule has 0 N–H and O–H groups in total. The fraction of sp³-hybridized carbons (Fsp3) is 0.364. The maximum Gasteiger partial charge on any atom is 0.242 e. The Labute approximate surface area is 180 Å². The number of halogens is 2. The summed E-state index contributed by atoms with van der Waals surface area (Å²) < 4.78 is 7.85. The van der Waals surface area contributed by atoms with Gasteiger partial charge in [-0.25, -0.2) is 4.98 Å². The number of ether oxygens (including phenoxy) is 1. The van der Waals surface area contributed by atoms with Crippen molar-refractivity contribution in [2.24, 2.45) is 0 Å². The monoisotopic (exact) mass is 431 g/mol. The molecule has 2 aromatic carbocycles. The van der Waals surface area contributed by atoms with E-state index in [9.17, 15) is 4.79 Å². The van der Waals surface area contributed by atoms with Crippen LogP contribution in [0.15, 0.2) is 42.5 Å². The quantitative estimate of drug-likeness (QED) is 0.548. The van der Waals surface area contributed by atoms with E-state index in [0.717, 1.165) is 37.0 Å². The van der Waals surface area contributed by atoms with Crippen LogP contribution in [0.1, 0.15) is 31.5 Å². The summed E-state index contributed by atoms with van der Waals surface area (Å²) in [5.74, 6) is 1.36. The first-order valence-corrected chi connectivity index (χ1v) is 10.7. The van der Waals surface area contributed by atoms with Crippen molar-refractivity contribution in [1.29, 1.82) is 0 Å². The summed E-state index contributed by atoms with van der Waals surface area (Å²) >= 11 is 12.2. The second-order valence-electron chi connectivity index (χ2n) is 7.26. The van der Waals surface area contributed by atoms with Crippen molar-refractivity contribution in [3.8, 4) is 5.75 Å². The zero-order valence-electron chi connectivity index (χ0n) is 16.1. The van der Waals surface area contributed by atoms with Gasteiger partial charge in [0.15, 0.2) is 0 Å². The fourth-order valence-electron chi connectivity index (χ4n) is 3.70. The number of carbonyl (C=O) groups is 1. The van der Waals surface area contributed by atoms with Crippen LogP contribution in [-0.2, 0) is 17.9 Å². The lowest BCUT2D eigenvalue weighted by atomic mass is 10.2. The summed E-state index contributed by atoms with van der Waals surface area (Å²) in [5.41, 5.74) is 1.77. The summed E-state index contributed by atoms with van der Waals surface area (Å²) in [6.45, 7) is 2.13. The maximum atomic E-state index is 13.0. The second kappa shape index (κ2) is 9.06. The van der Waals surface area contributed by atoms with Gasteiger partial charge in [-0.05, 0) is 43.2 Å². The molecule has 1 aliphatic rings. The number of imidazole rings is 1. The average molecular weight is 432 g/mol. The van der Waals surface area contributed by atoms with Crippen LogP contribution in [0.2, 0.25) is 10.0 Å². The highest BCUT2D eigenvalue weighted by atomic mass is 35.5. The number of rotatable bonds is 5. The molecule has 4 rings (SSSR count). The van der Waals surface area contributed by atoms with Gasteiger partial charge in [-0.2, -0.15) is 0 Å². The van der Waals surface area contributed by atoms with E-state index < -0.39 is 0 Å². The van der Waals surface area contributed by atoms with E-state index in [-0.39, 0.29) is 19.1 Å². The van der Waals surface area contributed by atoms with Crippen LogP contribution in [0.5, 0.6) is 5.75 Å². The predicted octanol–water partition coefficient (Wildman–Crippen LogP) is 5.32. The summed E-state index contributed by atoms with van der Waals surface area (Å²) in [6, 6.07) is 12.9. The third kappa shape index (κ3) is 4.68. The Morgan fingerprint density at radius 1 is 1.03 bits per heavy atom. The van der Waals surface area contributed by atoms with Crippen LogP contribution in [0.4, 0.5) is 0 Å². The van der Waals surface area contributed by atoms with Gasteiger partial charge in [0.2, 0.25) is 5.91 Å².